The summed E-state index contributed by atoms with van der Waals surface area (Å²) in [6.07, 6.45) is 3.89. The lowest BCUT2D eigenvalue weighted by Crippen LogP contribution is -2.44. The highest BCUT2D eigenvalue weighted by Crippen LogP contribution is 2.17. The van der Waals surface area contributed by atoms with Crippen LogP contribution in [0.15, 0.2) is 29.2 Å². The molecule has 2 rings (SSSR count). The van der Waals surface area contributed by atoms with Gasteiger partial charge in [0, 0.05) is 6.04 Å². The number of hydrogen-bond donors (Lipinski definition) is 1. The van der Waals surface area contributed by atoms with Crippen LogP contribution in [0.3, 0.4) is 0 Å². The third-order valence-electron chi connectivity index (χ3n) is 3.86. The van der Waals surface area contributed by atoms with Gasteiger partial charge in [-0.3, -0.25) is 0 Å². The van der Waals surface area contributed by atoms with E-state index in [0.29, 0.717) is 0 Å². The highest BCUT2D eigenvalue weighted by atomic mass is 32.2. The fraction of sp³-hybridized carbons (Fsp3) is 0.600. The molecule has 1 aromatic rings. The van der Waals surface area contributed by atoms with Gasteiger partial charge in [-0.2, -0.15) is 0 Å². The zero-order valence-electron chi connectivity index (χ0n) is 12.4. The van der Waals surface area contributed by atoms with Crippen LogP contribution in [-0.2, 0) is 10.0 Å². The van der Waals surface area contributed by atoms with E-state index >= 15 is 0 Å². The average Bonchev–Trinajstić information content (AvgIpc) is 2.46. The maximum absolute atomic E-state index is 13.6. The predicted molar refractivity (Wildman–Crippen MR) is 81.1 cm³/mol. The largest absolute Gasteiger partial charge is 0.303 e. The van der Waals surface area contributed by atoms with E-state index in [1.165, 1.54) is 37.1 Å². The van der Waals surface area contributed by atoms with Crippen molar-refractivity contribution in [2.24, 2.45) is 0 Å². The van der Waals surface area contributed by atoms with Crippen LogP contribution in [0.4, 0.5) is 4.39 Å². The van der Waals surface area contributed by atoms with E-state index in [-0.39, 0.29) is 10.9 Å². The van der Waals surface area contributed by atoms with E-state index in [0.717, 1.165) is 32.5 Å². The summed E-state index contributed by atoms with van der Waals surface area (Å²) >= 11 is 0. The SMILES string of the molecule is CCCCN1CCC(NS(=O)(=O)c2ccccc2F)CC1. The summed E-state index contributed by atoms with van der Waals surface area (Å²) in [5.41, 5.74) is 0. The molecular formula is C15H23FN2O2S. The van der Waals surface area contributed by atoms with Crippen LogP contribution in [0.2, 0.25) is 0 Å². The highest BCUT2D eigenvalue weighted by Gasteiger charge is 2.25. The number of rotatable bonds is 6. The van der Waals surface area contributed by atoms with E-state index < -0.39 is 15.8 Å². The standard InChI is InChI=1S/C15H23FN2O2S/c1-2-3-10-18-11-8-13(9-12-18)17-21(19,20)15-7-5-4-6-14(15)16/h4-7,13,17H,2-3,8-12H2,1H3. The van der Waals surface area contributed by atoms with Gasteiger partial charge in [0.25, 0.3) is 0 Å². The van der Waals surface area contributed by atoms with Gasteiger partial charge in [0.15, 0.2) is 0 Å². The van der Waals surface area contributed by atoms with Crippen molar-refractivity contribution in [1.29, 1.82) is 0 Å². The molecule has 1 heterocycles. The van der Waals surface area contributed by atoms with Gasteiger partial charge < -0.3 is 4.90 Å². The van der Waals surface area contributed by atoms with Gasteiger partial charge in [-0.05, 0) is 51.0 Å². The molecule has 21 heavy (non-hydrogen) atoms. The van der Waals surface area contributed by atoms with Gasteiger partial charge in [-0.1, -0.05) is 25.5 Å². The summed E-state index contributed by atoms with van der Waals surface area (Å²) in [6, 6.07) is 5.38. The number of sulfonamides is 1. The molecule has 0 aromatic heterocycles. The topological polar surface area (TPSA) is 49.4 Å². The summed E-state index contributed by atoms with van der Waals surface area (Å²) in [6.45, 7) is 5.02. The summed E-state index contributed by atoms with van der Waals surface area (Å²) in [5.74, 6) is -0.703. The van der Waals surface area contributed by atoms with Crippen molar-refractivity contribution < 1.29 is 12.8 Å². The Bertz CT molecular complexity index is 555. The van der Waals surface area contributed by atoms with Crippen molar-refractivity contribution in [3.63, 3.8) is 0 Å². The molecule has 0 saturated carbocycles. The van der Waals surface area contributed by atoms with E-state index in [1.54, 1.807) is 0 Å². The minimum Gasteiger partial charge on any atom is -0.303 e. The zero-order valence-corrected chi connectivity index (χ0v) is 13.2. The summed E-state index contributed by atoms with van der Waals surface area (Å²) < 4.78 is 40.7. The molecule has 0 unspecified atom stereocenters. The molecule has 1 fully saturated rings. The number of piperidine rings is 1. The molecule has 0 bridgehead atoms. The third-order valence-corrected chi connectivity index (χ3v) is 5.42. The normalized spacial score (nSPS) is 18.0. The van der Waals surface area contributed by atoms with Crippen molar-refractivity contribution >= 4 is 10.0 Å². The molecule has 1 aliphatic heterocycles. The Labute approximate surface area is 126 Å². The van der Waals surface area contributed by atoms with Crippen LogP contribution in [0.1, 0.15) is 32.6 Å². The van der Waals surface area contributed by atoms with Crippen molar-refractivity contribution in [3.8, 4) is 0 Å². The Kier molecular flexibility index (Phi) is 5.72. The first kappa shape index (κ1) is 16.4. The lowest BCUT2D eigenvalue weighted by Gasteiger charge is -2.32. The number of benzene rings is 1. The van der Waals surface area contributed by atoms with Crippen LogP contribution in [0.5, 0.6) is 0 Å². The fourth-order valence-corrected chi connectivity index (χ4v) is 3.99. The molecule has 6 heteroatoms. The van der Waals surface area contributed by atoms with E-state index in [2.05, 4.69) is 16.5 Å². The second-order valence-corrected chi connectivity index (χ2v) is 7.20. The number of halogens is 1. The molecule has 1 aliphatic rings. The molecule has 0 radical (unpaired) electrons. The van der Waals surface area contributed by atoms with Gasteiger partial charge in [0.05, 0.1) is 0 Å². The molecule has 1 N–H and O–H groups in total. The predicted octanol–water partition coefficient (Wildman–Crippen LogP) is 2.37. The van der Waals surface area contributed by atoms with E-state index in [4.69, 9.17) is 0 Å². The number of likely N-dealkylation sites (tertiary alicyclic amines) is 1. The number of unbranched alkanes of at least 4 members (excludes halogenated alkanes) is 1. The minimum absolute atomic E-state index is 0.104. The molecular weight excluding hydrogens is 291 g/mol. The van der Waals surface area contributed by atoms with E-state index in [1.807, 2.05) is 0 Å². The Hall–Kier alpha value is -0.980. The zero-order chi connectivity index (χ0) is 15.3. The minimum atomic E-state index is -3.77. The van der Waals surface area contributed by atoms with Crippen molar-refractivity contribution in [1.82, 2.24) is 9.62 Å². The van der Waals surface area contributed by atoms with Gasteiger partial charge >= 0.3 is 0 Å². The average molecular weight is 314 g/mol. The fourth-order valence-electron chi connectivity index (χ4n) is 2.60. The summed E-state index contributed by atoms with van der Waals surface area (Å²) in [5, 5.41) is 0. The summed E-state index contributed by atoms with van der Waals surface area (Å²) in [7, 11) is -3.77. The van der Waals surface area contributed by atoms with Crippen LogP contribution in [-0.4, -0.2) is 39.0 Å². The Morgan fingerprint density at radius 1 is 1.29 bits per heavy atom. The van der Waals surface area contributed by atoms with Crippen LogP contribution >= 0.6 is 0 Å². The highest BCUT2D eigenvalue weighted by molar-refractivity contribution is 7.89. The Balaban J connectivity index is 1.92. The van der Waals surface area contributed by atoms with Gasteiger partial charge in [-0.15, -0.1) is 0 Å². The second-order valence-electron chi connectivity index (χ2n) is 5.52. The maximum Gasteiger partial charge on any atom is 0.243 e. The number of hydrogen-bond acceptors (Lipinski definition) is 3. The van der Waals surface area contributed by atoms with Crippen molar-refractivity contribution in [2.75, 3.05) is 19.6 Å². The maximum atomic E-state index is 13.6. The molecule has 1 aromatic carbocycles. The Morgan fingerprint density at radius 2 is 1.95 bits per heavy atom. The van der Waals surface area contributed by atoms with E-state index in [9.17, 15) is 12.8 Å². The second kappa shape index (κ2) is 7.33. The number of nitrogens with one attached hydrogen (secondary N) is 1. The molecule has 0 amide bonds. The third kappa shape index (κ3) is 4.49. The van der Waals surface area contributed by atoms with Gasteiger partial charge in [0.1, 0.15) is 10.7 Å². The van der Waals surface area contributed by atoms with Crippen LogP contribution in [0.25, 0.3) is 0 Å². The van der Waals surface area contributed by atoms with Gasteiger partial charge in [0.2, 0.25) is 10.0 Å². The first-order valence-corrected chi connectivity index (χ1v) is 9.00. The lowest BCUT2D eigenvalue weighted by atomic mass is 10.1. The monoisotopic (exact) mass is 314 g/mol. The molecule has 0 atom stereocenters. The first-order chi connectivity index (χ1) is 10.0. The summed E-state index contributed by atoms with van der Waals surface area (Å²) in [4.78, 5) is 2.09. The molecule has 4 nitrogen and oxygen atoms in total. The quantitative estimate of drug-likeness (QED) is 0.877. The Morgan fingerprint density at radius 3 is 2.57 bits per heavy atom. The molecule has 1 saturated heterocycles. The van der Waals surface area contributed by atoms with Crippen molar-refractivity contribution in [3.05, 3.63) is 30.1 Å². The molecule has 0 spiro atoms. The lowest BCUT2D eigenvalue weighted by molar-refractivity contribution is 0.205. The van der Waals surface area contributed by atoms with Crippen molar-refractivity contribution in [2.45, 2.75) is 43.5 Å². The first-order valence-electron chi connectivity index (χ1n) is 7.52. The molecule has 118 valence electrons. The van der Waals surface area contributed by atoms with Crippen LogP contribution in [0, 0.1) is 5.82 Å². The van der Waals surface area contributed by atoms with Crippen LogP contribution < -0.4 is 4.72 Å². The van der Waals surface area contributed by atoms with Gasteiger partial charge in [-0.25, -0.2) is 17.5 Å². The molecule has 0 aliphatic carbocycles. The smallest absolute Gasteiger partial charge is 0.243 e. The number of nitrogens with zero attached hydrogens (tertiary/aromatic N) is 1.